The van der Waals surface area contributed by atoms with E-state index in [9.17, 15) is 4.79 Å². The second-order valence-corrected chi connectivity index (χ2v) is 3.76. The molecule has 1 rings (SSSR count). The number of benzene rings is 1. The molecule has 1 aromatic rings. The quantitative estimate of drug-likeness (QED) is 0.715. The van der Waals surface area contributed by atoms with Crippen LogP contribution in [0.3, 0.4) is 0 Å². The first-order valence-electron chi connectivity index (χ1n) is 5.79. The molecule has 0 spiro atoms. The summed E-state index contributed by atoms with van der Waals surface area (Å²) in [4.78, 5) is 11.1. The predicted octanol–water partition coefficient (Wildman–Crippen LogP) is 1.20. The molecule has 0 fully saturated rings. The summed E-state index contributed by atoms with van der Waals surface area (Å²) < 4.78 is 9.85. The van der Waals surface area contributed by atoms with Crippen LogP contribution in [-0.2, 0) is 16.0 Å². The van der Waals surface area contributed by atoms with Gasteiger partial charge in [0.25, 0.3) is 0 Å². The highest BCUT2D eigenvalue weighted by molar-refractivity contribution is 5.69. The van der Waals surface area contributed by atoms with E-state index in [1.54, 1.807) is 7.11 Å². The minimum atomic E-state index is -0.226. The third kappa shape index (κ3) is 4.25. The Morgan fingerprint density at radius 3 is 2.78 bits per heavy atom. The van der Waals surface area contributed by atoms with Crippen molar-refractivity contribution in [3.05, 3.63) is 23.8 Å². The molecule has 0 saturated carbocycles. The van der Waals surface area contributed by atoms with E-state index < -0.39 is 0 Å². The summed E-state index contributed by atoms with van der Waals surface area (Å²) in [6.07, 6.45) is 0.965. The first-order valence-corrected chi connectivity index (χ1v) is 5.79. The number of aliphatic hydroxyl groups excluding tert-OH is 1. The molecule has 0 aromatic heterocycles. The molecule has 0 unspecified atom stereocenters. The van der Waals surface area contributed by atoms with Gasteiger partial charge in [-0.25, -0.2) is 0 Å². The van der Waals surface area contributed by atoms with E-state index >= 15 is 0 Å². The fourth-order valence-corrected chi connectivity index (χ4v) is 1.58. The SMILES string of the molecule is COC(=O)CCc1ccc(NCCO)c(OC)c1. The predicted molar refractivity (Wildman–Crippen MR) is 68.9 cm³/mol. The van der Waals surface area contributed by atoms with Crippen LogP contribution < -0.4 is 10.1 Å². The van der Waals surface area contributed by atoms with Gasteiger partial charge >= 0.3 is 5.97 Å². The van der Waals surface area contributed by atoms with Crippen LogP contribution in [0.5, 0.6) is 5.75 Å². The summed E-state index contributed by atoms with van der Waals surface area (Å²) in [6, 6.07) is 5.68. The molecule has 0 aliphatic heterocycles. The Hall–Kier alpha value is -1.75. The van der Waals surface area contributed by atoms with Gasteiger partial charge in [0.15, 0.2) is 0 Å². The number of aryl methyl sites for hydroxylation is 1. The van der Waals surface area contributed by atoms with Crippen LogP contribution in [0.2, 0.25) is 0 Å². The molecule has 0 atom stereocenters. The molecule has 0 saturated heterocycles. The average Bonchev–Trinajstić information content (AvgIpc) is 2.42. The Bertz CT molecular complexity index is 393. The minimum absolute atomic E-state index is 0.0627. The van der Waals surface area contributed by atoms with Crippen LogP contribution >= 0.6 is 0 Å². The minimum Gasteiger partial charge on any atom is -0.495 e. The highest BCUT2D eigenvalue weighted by Crippen LogP contribution is 2.25. The summed E-state index contributed by atoms with van der Waals surface area (Å²) in [6.45, 7) is 0.533. The van der Waals surface area contributed by atoms with Gasteiger partial charge in [-0.15, -0.1) is 0 Å². The number of hydrogen-bond donors (Lipinski definition) is 2. The number of carbonyl (C=O) groups excluding carboxylic acids is 1. The fraction of sp³-hybridized carbons (Fsp3) is 0.462. The maximum absolute atomic E-state index is 11.1. The highest BCUT2D eigenvalue weighted by atomic mass is 16.5. The number of hydrogen-bond acceptors (Lipinski definition) is 5. The van der Waals surface area contributed by atoms with E-state index in [4.69, 9.17) is 9.84 Å². The fourth-order valence-electron chi connectivity index (χ4n) is 1.58. The maximum Gasteiger partial charge on any atom is 0.305 e. The van der Waals surface area contributed by atoms with Crippen molar-refractivity contribution in [2.75, 3.05) is 32.7 Å². The van der Waals surface area contributed by atoms with Crippen molar-refractivity contribution in [2.24, 2.45) is 0 Å². The van der Waals surface area contributed by atoms with Gasteiger partial charge in [-0.05, 0) is 24.1 Å². The average molecular weight is 253 g/mol. The number of aliphatic hydroxyl groups is 1. The van der Waals surface area contributed by atoms with Crippen molar-refractivity contribution in [3.63, 3.8) is 0 Å². The Kier molecular flexibility index (Phi) is 6.00. The molecule has 5 heteroatoms. The topological polar surface area (TPSA) is 67.8 Å². The molecule has 0 amide bonds. The number of rotatable bonds is 7. The lowest BCUT2D eigenvalue weighted by molar-refractivity contribution is -0.140. The Morgan fingerprint density at radius 1 is 1.39 bits per heavy atom. The van der Waals surface area contributed by atoms with Gasteiger partial charge in [0.1, 0.15) is 5.75 Å². The third-order valence-electron chi connectivity index (χ3n) is 2.54. The first-order chi connectivity index (χ1) is 8.71. The zero-order valence-corrected chi connectivity index (χ0v) is 10.7. The van der Waals surface area contributed by atoms with Crippen molar-refractivity contribution in [2.45, 2.75) is 12.8 Å². The molecule has 0 aliphatic carbocycles. The van der Waals surface area contributed by atoms with Crippen molar-refractivity contribution in [1.29, 1.82) is 0 Å². The normalized spacial score (nSPS) is 9.94. The monoisotopic (exact) mass is 253 g/mol. The van der Waals surface area contributed by atoms with Crippen LogP contribution in [0, 0.1) is 0 Å². The van der Waals surface area contributed by atoms with Crippen molar-refractivity contribution in [1.82, 2.24) is 0 Å². The van der Waals surface area contributed by atoms with Crippen LogP contribution in [0.4, 0.5) is 5.69 Å². The van der Waals surface area contributed by atoms with E-state index in [2.05, 4.69) is 10.1 Å². The number of methoxy groups -OCH3 is 2. The summed E-state index contributed by atoms with van der Waals surface area (Å²) in [5.41, 5.74) is 1.83. The molecule has 2 N–H and O–H groups in total. The molecule has 1 aromatic carbocycles. The number of ether oxygens (including phenoxy) is 2. The van der Waals surface area contributed by atoms with Gasteiger partial charge in [0.05, 0.1) is 26.5 Å². The second-order valence-electron chi connectivity index (χ2n) is 3.76. The Labute approximate surface area is 107 Å². The summed E-state index contributed by atoms with van der Waals surface area (Å²) in [5, 5.41) is 11.8. The van der Waals surface area contributed by atoms with Gasteiger partial charge < -0.3 is 19.9 Å². The Morgan fingerprint density at radius 2 is 2.17 bits per heavy atom. The smallest absolute Gasteiger partial charge is 0.305 e. The van der Waals surface area contributed by atoms with Gasteiger partial charge in [-0.3, -0.25) is 4.79 Å². The van der Waals surface area contributed by atoms with Gasteiger partial charge in [-0.2, -0.15) is 0 Å². The molecule has 0 aliphatic rings. The maximum atomic E-state index is 11.1. The van der Waals surface area contributed by atoms with Crippen molar-refractivity contribution in [3.8, 4) is 5.75 Å². The van der Waals surface area contributed by atoms with E-state index in [-0.39, 0.29) is 12.6 Å². The zero-order valence-electron chi connectivity index (χ0n) is 10.7. The molecule has 5 nitrogen and oxygen atoms in total. The summed E-state index contributed by atoms with van der Waals surface area (Å²) in [5.74, 6) is 0.474. The third-order valence-corrected chi connectivity index (χ3v) is 2.54. The highest BCUT2D eigenvalue weighted by Gasteiger charge is 2.06. The van der Waals surface area contributed by atoms with E-state index in [1.807, 2.05) is 18.2 Å². The molecule has 0 radical (unpaired) electrons. The number of carbonyl (C=O) groups is 1. The summed E-state index contributed by atoms with van der Waals surface area (Å²) >= 11 is 0. The molecule has 0 bridgehead atoms. The van der Waals surface area contributed by atoms with Crippen LogP contribution in [0.15, 0.2) is 18.2 Å². The van der Waals surface area contributed by atoms with E-state index in [1.165, 1.54) is 7.11 Å². The van der Waals surface area contributed by atoms with E-state index in [0.29, 0.717) is 25.1 Å². The van der Waals surface area contributed by atoms with Gasteiger partial charge in [0, 0.05) is 13.0 Å². The lowest BCUT2D eigenvalue weighted by atomic mass is 10.1. The van der Waals surface area contributed by atoms with Crippen molar-refractivity contribution >= 4 is 11.7 Å². The van der Waals surface area contributed by atoms with Gasteiger partial charge in [0.2, 0.25) is 0 Å². The standard InChI is InChI=1S/C13H19NO4/c1-17-12-9-10(4-6-13(16)18-2)3-5-11(12)14-7-8-15/h3,5,9,14-15H,4,6-8H2,1-2H3. The van der Waals surface area contributed by atoms with E-state index in [0.717, 1.165) is 11.3 Å². The Balaban J connectivity index is 2.68. The lowest BCUT2D eigenvalue weighted by Crippen LogP contribution is -2.07. The molecular weight excluding hydrogens is 234 g/mol. The molecular formula is C13H19NO4. The van der Waals surface area contributed by atoms with Crippen LogP contribution in [0.25, 0.3) is 0 Å². The first kappa shape index (κ1) is 14.3. The lowest BCUT2D eigenvalue weighted by Gasteiger charge is -2.11. The molecule has 100 valence electrons. The number of esters is 1. The second kappa shape index (κ2) is 7.55. The molecule has 0 heterocycles. The number of nitrogens with one attached hydrogen (secondary N) is 1. The van der Waals surface area contributed by atoms with Crippen LogP contribution in [-0.4, -0.2) is 38.4 Å². The largest absolute Gasteiger partial charge is 0.495 e. The molecule has 18 heavy (non-hydrogen) atoms. The zero-order chi connectivity index (χ0) is 13.4. The van der Waals surface area contributed by atoms with Crippen molar-refractivity contribution < 1.29 is 19.4 Å². The summed E-state index contributed by atoms with van der Waals surface area (Å²) in [7, 11) is 2.97. The van der Waals surface area contributed by atoms with Crippen LogP contribution in [0.1, 0.15) is 12.0 Å². The number of anilines is 1. The van der Waals surface area contributed by atoms with Gasteiger partial charge in [-0.1, -0.05) is 6.07 Å².